The van der Waals surface area contributed by atoms with Gasteiger partial charge in [0.05, 0.1) is 6.54 Å². The van der Waals surface area contributed by atoms with E-state index in [9.17, 15) is 0 Å². The summed E-state index contributed by atoms with van der Waals surface area (Å²) < 4.78 is 5.39. The van der Waals surface area contributed by atoms with Gasteiger partial charge < -0.3 is 15.1 Å². The van der Waals surface area contributed by atoms with Crippen molar-refractivity contribution in [2.75, 3.05) is 11.9 Å². The first-order valence-corrected chi connectivity index (χ1v) is 5.09. The highest BCUT2D eigenvalue weighted by Crippen LogP contribution is 2.32. The molecule has 2 atom stereocenters. The first-order valence-electron chi connectivity index (χ1n) is 5.09. The third-order valence-corrected chi connectivity index (χ3v) is 2.41. The predicted octanol–water partition coefficient (Wildman–Crippen LogP) is 0.999. The van der Waals surface area contributed by atoms with Crippen LogP contribution in [0.3, 0.4) is 0 Å². The van der Waals surface area contributed by atoms with Crippen molar-refractivity contribution in [2.24, 2.45) is 5.92 Å². The molecule has 14 heavy (non-hydrogen) atoms. The minimum Gasteiger partial charge on any atom is -0.407 e. The molecule has 5 nitrogen and oxygen atoms in total. The van der Waals surface area contributed by atoms with Crippen LogP contribution in [0.2, 0.25) is 0 Å². The zero-order valence-corrected chi connectivity index (χ0v) is 8.58. The maximum absolute atomic E-state index is 5.39. The molecule has 0 bridgehead atoms. The van der Waals surface area contributed by atoms with Crippen LogP contribution in [0.1, 0.15) is 26.2 Å². The third-order valence-electron chi connectivity index (χ3n) is 2.41. The smallest absolute Gasteiger partial charge is 0.315 e. The van der Waals surface area contributed by atoms with Crippen LogP contribution in [0.15, 0.2) is 4.42 Å². The summed E-state index contributed by atoms with van der Waals surface area (Å²) >= 11 is 0. The Kier molecular flexibility index (Phi) is 2.67. The number of nitrogens with one attached hydrogen (secondary N) is 2. The molecule has 0 spiro atoms. The number of nitrogens with zero attached hydrogens (tertiary/aromatic N) is 2. The van der Waals surface area contributed by atoms with E-state index < -0.39 is 0 Å². The summed E-state index contributed by atoms with van der Waals surface area (Å²) in [6.45, 7) is 5.80. The van der Waals surface area contributed by atoms with Crippen LogP contribution in [0.4, 0.5) is 6.01 Å². The highest BCUT2D eigenvalue weighted by atomic mass is 16.4. The van der Waals surface area contributed by atoms with Crippen LogP contribution < -0.4 is 10.6 Å². The van der Waals surface area contributed by atoms with Gasteiger partial charge in [0.15, 0.2) is 0 Å². The Morgan fingerprint density at radius 2 is 2.29 bits per heavy atom. The molecule has 2 rings (SSSR count). The molecule has 1 aromatic rings. The lowest BCUT2D eigenvalue weighted by Gasteiger charge is -1.96. The number of aromatic nitrogens is 2. The van der Waals surface area contributed by atoms with E-state index in [0.29, 0.717) is 24.5 Å². The van der Waals surface area contributed by atoms with Crippen LogP contribution in [0, 0.1) is 5.92 Å². The molecule has 0 saturated heterocycles. The molecule has 1 aromatic heterocycles. The fraction of sp³-hybridized carbons (Fsp3) is 0.778. The van der Waals surface area contributed by atoms with Crippen LogP contribution in [-0.2, 0) is 6.54 Å². The molecular formula is C9H16N4O. The zero-order chi connectivity index (χ0) is 9.97. The Bertz CT molecular complexity index is 299. The van der Waals surface area contributed by atoms with E-state index >= 15 is 0 Å². The van der Waals surface area contributed by atoms with Crippen LogP contribution in [0.5, 0.6) is 0 Å². The molecule has 78 valence electrons. The van der Waals surface area contributed by atoms with E-state index in [4.69, 9.17) is 4.42 Å². The Balaban J connectivity index is 1.83. The lowest BCUT2D eigenvalue weighted by Crippen LogP contribution is -2.11. The Morgan fingerprint density at radius 1 is 1.50 bits per heavy atom. The van der Waals surface area contributed by atoms with Crippen molar-refractivity contribution in [1.29, 1.82) is 0 Å². The molecule has 1 saturated carbocycles. The quantitative estimate of drug-likeness (QED) is 0.735. The van der Waals surface area contributed by atoms with Crippen molar-refractivity contribution in [3.05, 3.63) is 5.89 Å². The number of anilines is 1. The fourth-order valence-corrected chi connectivity index (χ4v) is 1.30. The van der Waals surface area contributed by atoms with E-state index in [0.717, 1.165) is 12.5 Å². The van der Waals surface area contributed by atoms with E-state index in [1.165, 1.54) is 6.42 Å². The van der Waals surface area contributed by atoms with Gasteiger partial charge in [-0.1, -0.05) is 18.9 Å². The Morgan fingerprint density at radius 3 is 2.93 bits per heavy atom. The van der Waals surface area contributed by atoms with E-state index in [-0.39, 0.29) is 0 Å². The minimum absolute atomic E-state index is 0.530. The highest BCUT2D eigenvalue weighted by Gasteiger charge is 2.33. The monoisotopic (exact) mass is 196 g/mol. The number of rotatable bonds is 5. The van der Waals surface area contributed by atoms with Gasteiger partial charge in [-0.05, 0) is 18.9 Å². The normalized spacial score (nSPS) is 25.0. The molecule has 5 heteroatoms. The fourth-order valence-electron chi connectivity index (χ4n) is 1.30. The lowest BCUT2D eigenvalue weighted by atomic mass is 10.5. The van der Waals surface area contributed by atoms with Gasteiger partial charge in [0.2, 0.25) is 5.89 Å². The lowest BCUT2D eigenvalue weighted by molar-refractivity contribution is 0.480. The van der Waals surface area contributed by atoms with Gasteiger partial charge in [0.1, 0.15) is 0 Å². The van der Waals surface area contributed by atoms with Gasteiger partial charge in [-0.25, -0.2) is 0 Å². The van der Waals surface area contributed by atoms with Crippen molar-refractivity contribution < 1.29 is 4.42 Å². The zero-order valence-electron chi connectivity index (χ0n) is 8.58. The van der Waals surface area contributed by atoms with Crippen molar-refractivity contribution in [2.45, 2.75) is 32.9 Å². The first-order chi connectivity index (χ1) is 6.79. The van der Waals surface area contributed by atoms with Crippen LogP contribution in [0.25, 0.3) is 0 Å². The van der Waals surface area contributed by atoms with E-state index in [2.05, 4.69) is 27.8 Å². The molecule has 0 amide bonds. The Labute approximate surface area is 83.3 Å². The highest BCUT2D eigenvalue weighted by molar-refractivity contribution is 5.23. The maximum Gasteiger partial charge on any atom is 0.315 e. The molecule has 0 radical (unpaired) electrons. The van der Waals surface area contributed by atoms with Gasteiger partial charge in [-0.3, -0.25) is 0 Å². The summed E-state index contributed by atoms with van der Waals surface area (Å²) in [4.78, 5) is 0. The second kappa shape index (κ2) is 3.96. The topological polar surface area (TPSA) is 63.0 Å². The summed E-state index contributed by atoms with van der Waals surface area (Å²) in [5.74, 6) is 1.38. The molecule has 0 aromatic carbocycles. The molecular weight excluding hydrogens is 180 g/mol. The van der Waals surface area contributed by atoms with E-state index in [1.807, 2.05) is 6.92 Å². The average Bonchev–Trinajstić information content (AvgIpc) is 2.68. The Hall–Kier alpha value is -1.10. The summed E-state index contributed by atoms with van der Waals surface area (Å²) in [5.41, 5.74) is 0. The second-order valence-electron chi connectivity index (χ2n) is 3.75. The third kappa shape index (κ3) is 2.23. The predicted molar refractivity (Wildman–Crippen MR) is 52.9 cm³/mol. The SMILES string of the molecule is CCNCc1nnc(NC2CC2C)o1. The molecule has 2 unspecified atom stereocenters. The van der Waals surface area contributed by atoms with Crippen molar-refractivity contribution in [3.8, 4) is 0 Å². The summed E-state index contributed by atoms with van der Waals surface area (Å²) in [5, 5.41) is 14.2. The number of hydrogen-bond acceptors (Lipinski definition) is 5. The standard InChI is InChI=1S/C9H16N4O/c1-3-10-5-8-12-13-9(14-8)11-7-4-6(7)2/h6-7,10H,3-5H2,1-2H3,(H,11,13). The second-order valence-corrected chi connectivity index (χ2v) is 3.75. The molecule has 1 fully saturated rings. The van der Waals surface area contributed by atoms with Gasteiger partial charge in [-0.15, -0.1) is 5.10 Å². The first kappa shape index (κ1) is 9.45. The summed E-state index contributed by atoms with van der Waals surface area (Å²) in [7, 11) is 0. The van der Waals surface area contributed by atoms with Crippen molar-refractivity contribution in [1.82, 2.24) is 15.5 Å². The van der Waals surface area contributed by atoms with Crippen molar-refractivity contribution in [3.63, 3.8) is 0 Å². The van der Waals surface area contributed by atoms with Crippen molar-refractivity contribution >= 4 is 6.01 Å². The van der Waals surface area contributed by atoms with Gasteiger partial charge in [0, 0.05) is 6.04 Å². The molecule has 1 aliphatic rings. The molecule has 2 N–H and O–H groups in total. The van der Waals surface area contributed by atoms with Crippen LogP contribution in [-0.4, -0.2) is 22.8 Å². The maximum atomic E-state index is 5.39. The van der Waals surface area contributed by atoms with Crippen LogP contribution >= 0.6 is 0 Å². The molecule has 1 aliphatic carbocycles. The largest absolute Gasteiger partial charge is 0.407 e. The van der Waals surface area contributed by atoms with Gasteiger partial charge in [0.25, 0.3) is 0 Å². The molecule has 0 aliphatic heterocycles. The summed E-state index contributed by atoms with van der Waals surface area (Å²) in [6.07, 6.45) is 1.20. The van der Waals surface area contributed by atoms with Gasteiger partial charge in [-0.2, -0.15) is 0 Å². The minimum atomic E-state index is 0.530. The average molecular weight is 196 g/mol. The number of hydrogen-bond donors (Lipinski definition) is 2. The van der Waals surface area contributed by atoms with Gasteiger partial charge >= 0.3 is 6.01 Å². The summed E-state index contributed by atoms with van der Waals surface area (Å²) in [6, 6.07) is 1.08. The molecule has 1 heterocycles. The van der Waals surface area contributed by atoms with E-state index in [1.54, 1.807) is 0 Å².